The number of benzene rings is 4. The predicted octanol–water partition coefficient (Wildman–Crippen LogP) is 6.91. The molecule has 0 unspecified atom stereocenters. The van der Waals surface area contributed by atoms with E-state index in [0.717, 1.165) is 33.0 Å². The Balaban J connectivity index is 1.50. The van der Waals surface area contributed by atoms with Crippen molar-refractivity contribution in [1.82, 2.24) is 39.9 Å². The first-order chi connectivity index (χ1) is 21.6. The third-order valence-electron chi connectivity index (χ3n) is 7.73. The number of hydrogen-bond acceptors (Lipinski definition) is 8. The average molecular weight is 616 g/mol. The molecule has 0 saturated heterocycles. The van der Waals surface area contributed by atoms with Crippen LogP contribution < -0.4 is 4.74 Å². The van der Waals surface area contributed by atoms with Gasteiger partial charge >= 0.3 is 227 Å². The van der Waals surface area contributed by atoms with Gasteiger partial charge in [0.1, 0.15) is 0 Å². The van der Waals surface area contributed by atoms with E-state index in [1.165, 1.54) is 0 Å². The Labute approximate surface area is 255 Å². The van der Waals surface area contributed by atoms with Crippen LogP contribution in [0.1, 0.15) is 0 Å². The molecular formula is C33H17CoN8O2. The van der Waals surface area contributed by atoms with Crippen molar-refractivity contribution in [2.45, 2.75) is 0 Å². The van der Waals surface area contributed by atoms with Gasteiger partial charge in [-0.1, -0.05) is 24.3 Å². The zero-order valence-electron chi connectivity index (χ0n) is 22.5. The second-order valence-corrected chi connectivity index (χ2v) is 10.7. The number of carbonyl (C=O) groups is 1. The average Bonchev–Trinajstić information content (AvgIpc) is 3.77. The van der Waals surface area contributed by atoms with Gasteiger partial charge < -0.3 is 0 Å². The van der Waals surface area contributed by atoms with E-state index in [2.05, 4.69) is 25.7 Å². The number of aromatic amines is 2. The Kier molecular flexibility index (Phi) is 5.27. The molecule has 0 spiro atoms. The van der Waals surface area contributed by atoms with Gasteiger partial charge in [0.2, 0.25) is 0 Å². The zero-order valence-corrected chi connectivity index (χ0v) is 23.5. The van der Waals surface area contributed by atoms with Gasteiger partial charge in [-0.3, -0.25) is 0 Å². The third kappa shape index (κ3) is 3.77. The van der Waals surface area contributed by atoms with E-state index in [9.17, 15) is 4.79 Å². The van der Waals surface area contributed by atoms with Gasteiger partial charge in [0.05, 0.1) is 0 Å². The first-order valence-corrected chi connectivity index (χ1v) is 14.2. The van der Waals surface area contributed by atoms with Crippen LogP contribution in [0.3, 0.4) is 0 Å². The summed E-state index contributed by atoms with van der Waals surface area (Å²) in [5.41, 5.74) is 5.50. The normalized spacial score (nSPS) is 11.9. The van der Waals surface area contributed by atoms with Crippen molar-refractivity contribution in [3.8, 4) is 51.3 Å². The number of fused-ring (bicyclic) bond motifs is 20. The number of aromatic nitrogens is 8. The van der Waals surface area contributed by atoms with E-state index < -0.39 is 4.90 Å². The van der Waals surface area contributed by atoms with Crippen molar-refractivity contribution in [3.05, 3.63) is 91.0 Å². The molecule has 0 aliphatic carbocycles. The summed E-state index contributed by atoms with van der Waals surface area (Å²) in [6.07, 6.45) is 0. The van der Waals surface area contributed by atoms with Crippen LogP contribution in [0.25, 0.3) is 89.7 Å². The van der Waals surface area contributed by atoms with E-state index in [4.69, 9.17) is 34.6 Å². The molecule has 11 heteroatoms. The number of H-pyrrole nitrogens is 2. The number of rotatable bonds is 1. The minimum atomic E-state index is -0.751. The van der Waals surface area contributed by atoms with E-state index in [0.29, 0.717) is 56.7 Å². The third-order valence-corrected chi connectivity index (χ3v) is 7.83. The van der Waals surface area contributed by atoms with Gasteiger partial charge in [-0.2, -0.15) is 0 Å². The molecular weight excluding hydrogens is 599 g/mol. The van der Waals surface area contributed by atoms with E-state index >= 15 is 0 Å². The molecule has 0 atom stereocenters. The standard InChI is InChI=1S/C33H17N8O2.Co/c42-16-43-24-15-7-14-23-25(24)33-40-31-22-13-6-5-12-21(22)29(38-31)36-27-18-9-2-1-8-17(18)26(34-27)35-28-19-10-3-4-11-20(19)30(37-28)39-32(23)41-33;/h1-15H,(H2,34,35,36,37,38,39,40,41);. The minimum absolute atomic E-state index is 0.289. The van der Waals surface area contributed by atoms with Crippen molar-refractivity contribution in [2.24, 2.45) is 0 Å². The molecule has 7 aromatic rings. The van der Waals surface area contributed by atoms with Gasteiger partial charge in [0.25, 0.3) is 0 Å². The Hall–Kier alpha value is -5.78. The van der Waals surface area contributed by atoms with Crippen LogP contribution in [0.4, 0.5) is 4.79 Å². The fourth-order valence-electron chi connectivity index (χ4n) is 5.82. The van der Waals surface area contributed by atoms with Crippen molar-refractivity contribution in [3.63, 3.8) is 0 Å². The fraction of sp³-hybridized carbons (Fsp3) is 0. The van der Waals surface area contributed by atoms with Gasteiger partial charge in [-0.15, -0.1) is 0 Å². The van der Waals surface area contributed by atoms with E-state index in [1.54, 1.807) is 12.1 Å². The molecule has 0 saturated carbocycles. The molecule has 5 heterocycles. The van der Waals surface area contributed by atoms with Crippen LogP contribution >= 0.6 is 0 Å². The first-order valence-electron chi connectivity index (χ1n) is 13.7. The molecule has 2 aliphatic rings. The van der Waals surface area contributed by atoms with Crippen LogP contribution in [0.2, 0.25) is 0 Å². The summed E-state index contributed by atoms with van der Waals surface area (Å²) in [6.45, 7) is 0. The topological polar surface area (TPSA) is 135 Å². The summed E-state index contributed by atoms with van der Waals surface area (Å²) in [7, 11) is 0. The number of nitrogens with one attached hydrogen (secondary N) is 2. The van der Waals surface area contributed by atoms with Crippen LogP contribution in [-0.4, -0.2) is 44.8 Å². The van der Waals surface area contributed by atoms with Gasteiger partial charge in [0, 0.05) is 5.39 Å². The van der Waals surface area contributed by atoms with Gasteiger partial charge in [-0.05, 0) is 0 Å². The second-order valence-electron chi connectivity index (χ2n) is 10.2. The molecule has 0 radical (unpaired) electrons. The molecule has 10 nitrogen and oxygen atoms in total. The monoisotopic (exact) mass is 616 g/mol. The summed E-state index contributed by atoms with van der Waals surface area (Å²) in [4.78, 5) is 47.6. The second kappa shape index (κ2) is 9.36. The van der Waals surface area contributed by atoms with Crippen LogP contribution in [0, 0.1) is 0 Å². The molecule has 2 N–H and O–H groups in total. The molecule has 44 heavy (non-hydrogen) atoms. The van der Waals surface area contributed by atoms with Crippen molar-refractivity contribution >= 4 is 49.0 Å². The number of nitrogens with zero attached hydrogens (tertiary/aromatic N) is 6. The Morgan fingerprint density at radius 2 is 0.909 bits per heavy atom. The Bertz CT molecular complexity index is 2530. The van der Waals surface area contributed by atoms with Crippen molar-refractivity contribution in [1.29, 1.82) is 0 Å². The predicted molar refractivity (Wildman–Crippen MR) is 162 cm³/mol. The van der Waals surface area contributed by atoms with Crippen LogP contribution in [0.5, 0.6) is 5.75 Å². The van der Waals surface area contributed by atoms with Crippen molar-refractivity contribution < 1.29 is 25.3 Å². The van der Waals surface area contributed by atoms with E-state index in [-0.39, 0.29) is 5.75 Å². The molecule has 9 rings (SSSR count). The van der Waals surface area contributed by atoms with Gasteiger partial charge in [-0.25, -0.2) is 0 Å². The maximum atomic E-state index is 11.9. The summed E-state index contributed by atoms with van der Waals surface area (Å²) >= 11 is 3.91. The fourth-order valence-corrected chi connectivity index (χ4v) is 5.94. The molecule has 0 amide bonds. The number of hydrogen-bond donors (Lipinski definition) is 2. The van der Waals surface area contributed by atoms with Gasteiger partial charge in [0.15, 0.2) is 0 Å². The summed E-state index contributed by atoms with van der Waals surface area (Å²) in [5, 5.41) is 3.06. The summed E-state index contributed by atoms with van der Waals surface area (Å²) < 4.78 is 5.48. The Morgan fingerprint density at radius 1 is 0.500 bits per heavy atom. The SMILES string of the molecule is O=[C]([Co])Oc1cccc2c3nc4nc(nc5[nH]c(nc6nc(nc([nH]3)c12)-c1ccccc1-6)c1ccccc51)-c1ccccc1-4. The van der Waals surface area contributed by atoms with Crippen LogP contribution in [0.15, 0.2) is 91.0 Å². The number of carbonyl (C=O) groups excluding carboxylic acids is 1. The molecule has 210 valence electrons. The zero-order chi connectivity index (χ0) is 29.4. The molecule has 3 aromatic heterocycles. The molecule has 2 aliphatic heterocycles. The van der Waals surface area contributed by atoms with Crippen LogP contribution in [-0.2, 0) is 15.7 Å². The molecule has 8 bridgehead atoms. The van der Waals surface area contributed by atoms with E-state index in [1.807, 2.05) is 78.9 Å². The maximum absolute atomic E-state index is 11.9. The molecule has 4 aromatic carbocycles. The molecule has 0 fully saturated rings. The first kappa shape index (κ1) is 24.8. The van der Waals surface area contributed by atoms with Crippen molar-refractivity contribution in [2.75, 3.05) is 0 Å². The summed E-state index contributed by atoms with van der Waals surface area (Å²) in [6, 6.07) is 28.9. The Morgan fingerprint density at radius 3 is 1.41 bits per heavy atom. The number of ether oxygens (including phenoxy) is 1. The summed E-state index contributed by atoms with van der Waals surface area (Å²) in [5.74, 6) is 2.25. The quantitative estimate of drug-likeness (QED) is 0.203.